The standard InChI is InChI=1S/3CH4.Cr.Cu.Mn.Mo.H3N.Nb.Ni.H3P.H2S.H4Si.Ta.V.W.Zr/h3*1H4;;;;;1H3;;;1H3;1H2;1H4;;;;. The molecule has 0 amide bonds. The predicted octanol–water partition coefficient (Wildman–Crippen LogP) is 0.765. The van der Waals surface area contributed by atoms with Crippen LogP contribution in [-0.2, 0) is 200 Å². The van der Waals surface area contributed by atoms with Crippen LogP contribution < -0.4 is 6.15 Å². The van der Waals surface area contributed by atoms with E-state index in [1.54, 1.807) is 0 Å². The average molecular weight is 1090 g/mol. The van der Waals surface area contributed by atoms with Crippen LogP contribution in [0.4, 0.5) is 0 Å². The van der Waals surface area contributed by atoms with Crippen molar-refractivity contribution < 1.29 is 200 Å². The molecule has 0 spiro atoms. The van der Waals surface area contributed by atoms with Crippen LogP contribution in [0.5, 0.6) is 0 Å². The van der Waals surface area contributed by atoms with Crippen LogP contribution in [0.15, 0.2) is 0 Å². The number of hydrogen-bond donors (Lipinski definition) is 1. The van der Waals surface area contributed by atoms with Gasteiger partial charge in [0.05, 0.1) is 0 Å². The summed E-state index contributed by atoms with van der Waals surface area (Å²) in [7, 11) is 0. The fraction of sp³-hybridized carbons (Fsp3) is 1.00. The Morgan fingerprint density at radius 3 is 0.882 bits per heavy atom. The summed E-state index contributed by atoms with van der Waals surface area (Å²) in [5.74, 6) is 0. The largest absolute Gasteiger partial charge is 0.344 e. The molecule has 0 aromatic carbocycles. The van der Waals surface area contributed by atoms with Crippen LogP contribution in [0, 0.1) is 0 Å². The van der Waals surface area contributed by atoms with E-state index in [0.29, 0.717) is 0 Å². The van der Waals surface area contributed by atoms with Gasteiger partial charge in [0.2, 0.25) is 0 Å². The fourth-order valence-electron chi connectivity index (χ4n) is 0. The predicted molar refractivity (Wildman–Crippen MR) is 58.0 cm³/mol. The maximum absolute atomic E-state index is 0. The molecule has 5 radical (unpaired) electrons. The van der Waals surface area contributed by atoms with Gasteiger partial charge in [0, 0.05) is 200 Å². The van der Waals surface area contributed by atoms with Crippen molar-refractivity contribution in [1.82, 2.24) is 6.15 Å². The minimum atomic E-state index is 0. The topological polar surface area (TPSA) is 35.0 Å². The first-order valence-electron chi connectivity index (χ1n) is 0. The van der Waals surface area contributed by atoms with E-state index in [2.05, 4.69) is 0 Å². The van der Waals surface area contributed by atoms with E-state index in [1.165, 1.54) is 0 Å². The third-order valence-electron chi connectivity index (χ3n) is 0. The van der Waals surface area contributed by atoms with E-state index in [9.17, 15) is 0 Å². The Hall–Kier alpha value is 7.35. The summed E-state index contributed by atoms with van der Waals surface area (Å²) in [6.07, 6.45) is 0. The Kier molecular flexibility index (Phi) is 3120. The van der Waals surface area contributed by atoms with Crippen molar-refractivity contribution in [3.05, 3.63) is 0 Å². The van der Waals surface area contributed by atoms with Crippen molar-refractivity contribution in [2.45, 2.75) is 22.3 Å². The van der Waals surface area contributed by atoms with E-state index in [0.717, 1.165) is 0 Å². The van der Waals surface area contributed by atoms with Gasteiger partial charge >= 0.3 is 0 Å². The van der Waals surface area contributed by atoms with E-state index in [-0.39, 0.29) is 262 Å². The summed E-state index contributed by atoms with van der Waals surface area (Å²) in [4.78, 5) is 0. The molecule has 1 atom stereocenters. The maximum Gasteiger partial charge on any atom is 0 e. The van der Waals surface area contributed by atoms with Gasteiger partial charge in [-0.25, -0.2) is 0 Å². The molecule has 3 N–H and O–H groups in total. The maximum atomic E-state index is 0. The van der Waals surface area contributed by atoms with Crippen molar-refractivity contribution >= 4 is 34.4 Å². The second kappa shape index (κ2) is 216. The first-order chi connectivity index (χ1) is 0. The molecule has 0 aliphatic carbocycles. The molecule has 0 rings (SSSR count). The molecular formula is C3H24CrCuMnMoNNbNiPSSiTaVWZr. The van der Waals surface area contributed by atoms with Gasteiger partial charge in [0.25, 0.3) is 0 Å². The molecule has 1 nitrogen and oxygen atoms in total. The summed E-state index contributed by atoms with van der Waals surface area (Å²) in [6, 6.07) is 0. The van der Waals surface area contributed by atoms with E-state index in [4.69, 9.17) is 0 Å². The molecule has 0 fully saturated rings. The normalized spacial score (nSPS) is 0. The van der Waals surface area contributed by atoms with Crippen LogP contribution in [0.1, 0.15) is 22.3 Å². The van der Waals surface area contributed by atoms with Crippen molar-refractivity contribution in [2.75, 3.05) is 0 Å². The van der Waals surface area contributed by atoms with Gasteiger partial charge in [0.15, 0.2) is 0 Å². The molecule has 1 unspecified atom stereocenters. The van der Waals surface area contributed by atoms with Gasteiger partial charge in [-0.05, 0) is 11.0 Å². The zero-order valence-electron chi connectivity index (χ0n) is 5.98. The van der Waals surface area contributed by atoms with Gasteiger partial charge in [0.1, 0.15) is 0 Å². The smallest absolute Gasteiger partial charge is 0 e. The third kappa shape index (κ3) is 197. The summed E-state index contributed by atoms with van der Waals surface area (Å²) in [5, 5.41) is 0. The van der Waals surface area contributed by atoms with Crippen molar-refractivity contribution in [3.63, 3.8) is 0 Å². The Balaban J connectivity index is 0. The van der Waals surface area contributed by atoms with Crippen LogP contribution in [0.2, 0.25) is 0 Å². The van der Waals surface area contributed by atoms with Crippen molar-refractivity contribution in [1.29, 1.82) is 0 Å². The van der Waals surface area contributed by atoms with Crippen LogP contribution >= 0.6 is 23.4 Å². The molecule has 0 bridgehead atoms. The van der Waals surface area contributed by atoms with E-state index < -0.39 is 0 Å². The Bertz CT molecular complexity index is 64.7. The molecule has 0 heterocycles. The molecule has 17 heavy (non-hydrogen) atoms. The zero-order valence-corrected chi connectivity index (χ0v) is 27.0. The van der Waals surface area contributed by atoms with Gasteiger partial charge < -0.3 is 6.15 Å². The SMILES string of the molecule is C.C.C.N.P.S.[Cr].[Cu].[Mn].[Mo].[Nb].[Ni].[SiH4].[Ta].[V].[W].[Zr]. The quantitative estimate of drug-likeness (QED) is 0.283. The summed E-state index contributed by atoms with van der Waals surface area (Å²) >= 11 is 0. The summed E-state index contributed by atoms with van der Waals surface area (Å²) < 4.78 is 0. The molecule has 0 saturated heterocycles. The Morgan fingerprint density at radius 2 is 0.882 bits per heavy atom. The van der Waals surface area contributed by atoms with Crippen LogP contribution in [-0.4, -0.2) is 11.0 Å². The molecule has 0 aliphatic heterocycles. The summed E-state index contributed by atoms with van der Waals surface area (Å²) in [5.41, 5.74) is 0. The van der Waals surface area contributed by atoms with Crippen LogP contribution in [0.25, 0.3) is 0 Å². The second-order valence-electron chi connectivity index (χ2n) is 0. The molecule has 0 saturated carbocycles. The molecule has 121 valence electrons. The summed E-state index contributed by atoms with van der Waals surface area (Å²) in [6.45, 7) is 0. The molecular weight excluding hydrogens is 1070 g/mol. The first kappa shape index (κ1) is 246. The van der Waals surface area contributed by atoms with Crippen LogP contribution in [0.3, 0.4) is 0 Å². The first-order valence-corrected chi connectivity index (χ1v) is 0. The van der Waals surface area contributed by atoms with Crippen molar-refractivity contribution in [2.24, 2.45) is 0 Å². The van der Waals surface area contributed by atoms with Gasteiger partial charge in [-0.3, -0.25) is 0 Å². The Labute approximate surface area is 257 Å². The number of rotatable bonds is 0. The molecule has 0 aromatic rings. The van der Waals surface area contributed by atoms with Gasteiger partial charge in [-0.1, -0.05) is 22.3 Å². The molecule has 0 aliphatic rings. The zero-order chi connectivity index (χ0) is 0. The second-order valence-corrected chi connectivity index (χ2v) is 0. The van der Waals surface area contributed by atoms with Gasteiger partial charge in [-0.2, -0.15) is 23.4 Å². The average Bonchev–Trinajstić information content (AvgIpc) is 0. The molecule has 14 heteroatoms. The minimum absolute atomic E-state index is 0. The fourth-order valence-corrected chi connectivity index (χ4v) is 0. The van der Waals surface area contributed by atoms with Gasteiger partial charge in [-0.15, -0.1) is 0 Å². The van der Waals surface area contributed by atoms with E-state index in [1.807, 2.05) is 0 Å². The third-order valence-corrected chi connectivity index (χ3v) is 0. The Morgan fingerprint density at radius 1 is 0.882 bits per heavy atom. The number of hydrogen-bond acceptors (Lipinski definition) is 1. The van der Waals surface area contributed by atoms with E-state index >= 15 is 0 Å². The minimum Gasteiger partial charge on any atom is -0.344 e. The molecule has 0 aromatic heterocycles. The monoisotopic (exact) mass is 1090 g/mol. The van der Waals surface area contributed by atoms with Crippen molar-refractivity contribution in [3.8, 4) is 0 Å².